The molecule has 0 aliphatic carbocycles. The first-order chi connectivity index (χ1) is 14.9. The fraction of sp³-hybridized carbons (Fsp3) is 0.455. The van der Waals surface area contributed by atoms with Crippen molar-refractivity contribution in [1.29, 1.82) is 0 Å². The predicted molar refractivity (Wildman–Crippen MR) is 109 cm³/mol. The molecule has 5 atom stereocenters. The third-order valence-corrected chi connectivity index (χ3v) is 5.23. The Morgan fingerprint density at radius 1 is 0.903 bits per heavy atom. The number of aliphatic hydroxyl groups excluding tert-OH is 4. The maximum absolute atomic E-state index is 10.4. The first kappa shape index (κ1) is 23.1. The number of phenols is 1. The molecule has 5 N–H and O–H groups in total. The molecule has 2 aromatic carbocycles. The van der Waals surface area contributed by atoms with Gasteiger partial charge in [0, 0.05) is 0 Å². The minimum Gasteiger partial charge on any atom is -0.504 e. The van der Waals surface area contributed by atoms with Crippen molar-refractivity contribution in [3.63, 3.8) is 0 Å². The van der Waals surface area contributed by atoms with Crippen LogP contribution < -0.4 is 14.2 Å². The zero-order valence-electron chi connectivity index (χ0n) is 17.3. The molecule has 9 nitrogen and oxygen atoms in total. The summed E-state index contributed by atoms with van der Waals surface area (Å²) >= 11 is 0. The zero-order valence-corrected chi connectivity index (χ0v) is 17.3. The van der Waals surface area contributed by atoms with Gasteiger partial charge < -0.3 is 44.5 Å². The van der Waals surface area contributed by atoms with Crippen molar-refractivity contribution >= 4 is 0 Å². The van der Waals surface area contributed by atoms with Gasteiger partial charge >= 0.3 is 0 Å². The smallest absolute Gasteiger partial charge is 0.229 e. The Morgan fingerprint density at radius 3 is 2.32 bits per heavy atom. The maximum Gasteiger partial charge on any atom is 0.229 e. The molecule has 0 radical (unpaired) electrons. The van der Waals surface area contributed by atoms with Gasteiger partial charge in [-0.1, -0.05) is 12.1 Å². The van der Waals surface area contributed by atoms with E-state index in [-0.39, 0.29) is 17.2 Å². The van der Waals surface area contributed by atoms with E-state index in [2.05, 4.69) is 0 Å². The molecule has 3 rings (SSSR count). The van der Waals surface area contributed by atoms with Gasteiger partial charge in [-0.3, -0.25) is 0 Å². The highest BCUT2D eigenvalue weighted by molar-refractivity contribution is 5.53. The average Bonchev–Trinajstić information content (AvgIpc) is 2.78. The van der Waals surface area contributed by atoms with Gasteiger partial charge in [-0.2, -0.15) is 0 Å². The highest BCUT2D eigenvalue weighted by atomic mass is 16.7. The molecule has 0 saturated carbocycles. The van der Waals surface area contributed by atoms with E-state index >= 15 is 0 Å². The molecule has 31 heavy (non-hydrogen) atoms. The maximum atomic E-state index is 10.4. The van der Waals surface area contributed by atoms with Crippen molar-refractivity contribution in [3.05, 3.63) is 47.5 Å². The van der Waals surface area contributed by atoms with Gasteiger partial charge in [0.2, 0.25) is 12.0 Å². The van der Waals surface area contributed by atoms with E-state index in [0.717, 1.165) is 16.9 Å². The van der Waals surface area contributed by atoms with Crippen molar-refractivity contribution in [3.8, 4) is 23.0 Å². The number of methoxy groups -OCH3 is 2. The van der Waals surface area contributed by atoms with Crippen LogP contribution in [0.3, 0.4) is 0 Å². The number of aryl methyl sites for hydroxylation is 2. The Bertz CT molecular complexity index is 870. The van der Waals surface area contributed by atoms with Crippen LogP contribution in [0.2, 0.25) is 0 Å². The number of rotatable bonds is 8. The lowest BCUT2D eigenvalue weighted by Gasteiger charge is -2.39. The lowest BCUT2D eigenvalue weighted by molar-refractivity contribution is -0.277. The van der Waals surface area contributed by atoms with Crippen molar-refractivity contribution < 1.29 is 44.5 Å². The van der Waals surface area contributed by atoms with Crippen molar-refractivity contribution in [2.45, 2.75) is 43.5 Å². The minimum absolute atomic E-state index is 0.0297. The van der Waals surface area contributed by atoms with Crippen LogP contribution in [-0.4, -0.2) is 77.1 Å². The largest absolute Gasteiger partial charge is 0.504 e. The van der Waals surface area contributed by atoms with E-state index in [0.29, 0.717) is 12.8 Å². The number of benzene rings is 2. The molecule has 1 aliphatic rings. The van der Waals surface area contributed by atoms with E-state index in [9.17, 15) is 25.5 Å². The lowest BCUT2D eigenvalue weighted by atomic mass is 9.99. The summed E-state index contributed by atoms with van der Waals surface area (Å²) in [5, 5.41) is 49.9. The normalized spacial score (nSPS) is 25.8. The summed E-state index contributed by atoms with van der Waals surface area (Å²) in [5.74, 6) is 0.710. The fourth-order valence-electron chi connectivity index (χ4n) is 3.49. The van der Waals surface area contributed by atoms with E-state index < -0.39 is 37.3 Å². The molecule has 0 unspecified atom stereocenters. The second kappa shape index (κ2) is 10.2. The molecular weight excluding hydrogens is 408 g/mol. The van der Waals surface area contributed by atoms with Gasteiger partial charge in [-0.15, -0.1) is 0 Å². The number of aromatic hydroxyl groups is 1. The SMILES string of the molecule is COc1cccc(CCc2cc(O)c(OC)c(O[C@@H]3O[C@H](CO)[C@@H](O)[C@H](O)[C@H]3O)c2)c1. The van der Waals surface area contributed by atoms with Gasteiger partial charge in [0.25, 0.3) is 0 Å². The zero-order chi connectivity index (χ0) is 22.5. The number of phenolic OH excluding ortho intramolecular Hbond substituents is 1. The number of ether oxygens (including phenoxy) is 4. The molecular formula is C22H28O9. The van der Waals surface area contributed by atoms with E-state index in [1.54, 1.807) is 19.2 Å². The minimum atomic E-state index is -1.58. The second-order valence-corrected chi connectivity index (χ2v) is 7.31. The number of hydrogen-bond acceptors (Lipinski definition) is 9. The summed E-state index contributed by atoms with van der Waals surface area (Å²) in [4.78, 5) is 0. The fourth-order valence-corrected chi connectivity index (χ4v) is 3.49. The van der Waals surface area contributed by atoms with Crippen LogP contribution in [0.25, 0.3) is 0 Å². The summed E-state index contributed by atoms with van der Waals surface area (Å²) in [5.41, 5.74) is 1.78. The first-order valence-electron chi connectivity index (χ1n) is 9.88. The molecule has 170 valence electrons. The summed E-state index contributed by atoms with van der Waals surface area (Å²) in [6.07, 6.45) is -5.92. The van der Waals surface area contributed by atoms with Crippen LogP contribution in [0, 0.1) is 0 Å². The van der Waals surface area contributed by atoms with Crippen molar-refractivity contribution in [1.82, 2.24) is 0 Å². The third kappa shape index (κ3) is 5.20. The molecule has 1 fully saturated rings. The van der Waals surface area contributed by atoms with E-state index in [1.165, 1.54) is 7.11 Å². The van der Waals surface area contributed by atoms with Gasteiger partial charge in [0.15, 0.2) is 11.5 Å². The Hall–Kier alpha value is -2.56. The van der Waals surface area contributed by atoms with Crippen molar-refractivity contribution in [2.75, 3.05) is 20.8 Å². The van der Waals surface area contributed by atoms with Gasteiger partial charge in [0.1, 0.15) is 30.2 Å². The number of hydrogen-bond donors (Lipinski definition) is 5. The van der Waals surface area contributed by atoms with Gasteiger partial charge in [0.05, 0.1) is 20.8 Å². The average molecular weight is 436 g/mol. The topological polar surface area (TPSA) is 138 Å². The molecule has 9 heteroatoms. The molecule has 0 aromatic heterocycles. The highest BCUT2D eigenvalue weighted by Crippen LogP contribution is 2.39. The molecule has 1 heterocycles. The Kier molecular flexibility index (Phi) is 7.58. The summed E-state index contributed by atoms with van der Waals surface area (Å²) in [6.45, 7) is -0.576. The molecule has 1 aliphatic heterocycles. The summed E-state index contributed by atoms with van der Waals surface area (Å²) in [6, 6.07) is 10.8. The van der Waals surface area contributed by atoms with Crippen molar-refractivity contribution in [2.24, 2.45) is 0 Å². The van der Waals surface area contributed by atoms with Gasteiger partial charge in [-0.25, -0.2) is 0 Å². The quantitative estimate of drug-likeness (QED) is 0.397. The van der Waals surface area contributed by atoms with Gasteiger partial charge in [-0.05, 0) is 48.2 Å². The Balaban J connectivity index is 1.80. The molecule has 2 aromatic rings. The second-order valence-electron chi connectivity index (χ2n) is 7.31. The predicted octanol–water partition coefficient (Wildman–Crippen LogP) is 0.373. The third-order valence-electron chi connectivity index (χ3n) is 5.23. The van der Waals surface area contributed by atoms with Crippen LogP contribution in [0.4, 0.5) is 0 Å². The molecule has 0 amide bonds. The van der Waals surface area contributed by atoms with Crippen LogP contribution in [0.5, 0.6) is 23.0 Å². The van der Waals surface area contributed by atoms with E-state index in [4.69, 9.17) is 18.9 Å². The molecule has 1 saturated heterocycles. The van der Waals surface area contributed by atoms with Crippen LogP contribution in [0.15, 0.2) is 36.4 Å². The van der Waals surface area contributed by atoms with E-state index in [1.807, 2.05) is 24.3 Å². The Labute approximate surface area is 180 Å². The van der Waals surface area contributed by atoms with Crippen LogP contribution >= 0.6 is 0 Å². The first-order valence-corrected chi connectivity index (χ1v) is 9.88. The lowest BCUT2D eigenvalue weighted by Crippen LogP contribution is -2.60. The number of aliphatic hydroxyl groups is 4. The standard InChI is InChI=1S/C22H28O9/c1-28-14-5-3-4-12(8-14)6-7-13-9-15(24)21(29-2)16(10-13)30-22-20(27)19(26)18(25)17(11-23)31-22/h3-5,8-10,17-20,22-27H,6-7,11H2,1-2H3/t17-,18-,19+,20-,22-/m1/s1. The molecule has 0 spiro atoms. The summed E-state index contributed by atoms with van der Waals surface area (Å²) in [7, 11) is 2.95. The molecule has 0 bridgehead atoms. The highest BCUT2D eigenvalue weighted by Gasteiger charge is 2.45. The van der Waals surface area contributed by atoms with Crippen LogP contribution in [-0.2, 0) is 17.6 Å². The monoisotopic (exact) mass is 436 g/mol. The van der Waals surface area contributed by atoms with Crippen LogP contribution in [0.1, 0.15) is 11.1 Å². The Morgan fingerprint density at radius 2 is 1.65 bits per heavy atom. The summed E-state index contributed by atoms with van der Waals surface area (Å²) < 4.78 is 21.5.